The van der Waals surface area contributed by atoms with Crippen molar-refractivity contribution >= 4 is 63.0 Å². The van der Waals surface area contributed by atoms with Crippen LogP contribution < -0.4 is 0 Å². The van der Waals surface area contributed by atoms with E-state index in [1.54, 1.807) is 0 Å². The minimum absolute atomic E-state index is 0.646. The molecule has 0 spiro atoms. The van der Waals surface area contributed by atoms with E-state index in [1.165, 1.54) is 40.3 Å². The van der Waals surface area contributed by atoms with Gasteiger partial charge in [-0.25, -0.2) is 15.0 Å². The summed E-state index contributed by atoms with van der Waals surface area (Å²) in [6.07, 6.45) is 0. The summed E-state index contributed by atoms with van der Waals surface area (Å²) in [7, 11) is 0. The second-order valence-corrected chi connectivity index (χ2v) is 14.6. The van der Waals surface area contributed by atoms with Gasteiger partial charge in [-0.15, -0.1) is 22.7 Å². The van der Waals surface area contributed by atoms with Crippen LogP contribution in [0.25, 0.3) is 96.8 Å². The van der Waals surface area contributed by atoms with Crippen LogP contribution in [0.15, 0.2) is 164 Å². The molecule has 0 fully saturated rings. The molecule has 5 heteroatoms. The zero-order valence-corrected chi connectivity index (χ0v) is 28.4. The maximum Gasteiger partial charge on any atom is 0.164 e. The van der Waals surface area contributed by atoms with E-state index in [1.807, 2.05) is 59.1 Å². The summed E-state index contributed by atoms with van der Waals surface area (Å²) >= 11 is 3.68. The van der Waals surface area contributed by atoms with E-state index < -0.39 is 0 Å². The Morgan fingerprint density at radius 2 is 0.820 bits per heavy atom. The van der Waals surface area contributed by atoms with Crippen LogP contribution >= 0.6 is 22.7 Å². The smallest absolute Gasteiger partial charge is 0.164 e. The molecule has 0 unspecified atom stereocenters. The Morgan fingerprint density at radius 3 is 1.52 bits per heavy atom. The molecule has 0 saturated heterocycles. The van der Waals surface area contributed by atoms with Crippen molar-refractivity contribution < 1.29 is 0 Å². The molecular formula is C45H27N3S2. The molecule has 0 N–H and O–H groups in total. The number of rotatable bonds is 5. The van der Waals surface area contributed by atoms with Crippen molar-refractivity contribution in [3.63, 3.8) is 0 Å². The normalized spacial score (nSPS) is 11.6. The summed E-state index contributed by atoms with van der Waals surface area (Å²) in [5.41, 5.74) is 7.41. The van der Waals surface area contributed by atoms with Crippen molar-refractivity contribution in [2.75, 3.05) is 0 Å². The van der Waals surface area contributed by atoms with Gasteiger partial charge in [0.25, 0.3) is 0 Å². The molecule has 0 radical (unpaired) electrons. The van der Waals surface area contributed by atoms with Crippen molar-refractivity contribution in [3.8, 4) is 56.4 Å². The first-order valence-corrected chi connectivity index (χ1v) is 18.2. The van der Waals surface area contributed by atoms with Crippen LogP contribution in [0.3, 0.4) is 0 Å². The summed E-state index contributed by atoms with van der Waals surface area (Å²) in [5.74, 6) is 1.95. The molecule has 0 aliphatic carbocycles. The maximum absolute atomic E-state index is 5.18. The average molecular weight is 674 g/mol. The molecule has 0 amide bonds. The molecule has 50 heavy (non-hydrogen) atoms. The molecule has 234 valence electrons. The Kier molecular flexibility index (Phi) is 6.86. The van der Waals surface area contributed by atoms with E-state index in [0.29, 0.717) is 17.5 Å². The minimum atomic E-state index is 0.646. The van der Waals surface area contributed by atoms with Crippen LogP contribution in [0.2, 0.25) is 0 Å². The average Bonchev–Trinajstić information content (AvgIpc) is 3.76. The fourth-order valence-electron chi connectivity index (χ4n) is 6.99. The number of thiophene rings is 2. The molecule has 3 heterocycles. The van der Waals surface area contributed by atoms with Gasteiger partial charge in [-0.1, -0.05) is 133 Å². The highest BCUT2D eigenvalue weighted by Crippen LogP contribution is 2.44. The van der Waals surface area contributed by atoms with Gasteiger partial charge in [-0.2, -0.15) is 0 Å². The number of fused-ring (bicyclic) bond motifs is 6. The molecule has 0 aliphatic rings. The summed E-state index contributed by atoms with van der Waals surface area (Å²) in [6.45, 7) is 0. The molecule has 7 aromatic carbocycles. The highest BCUT2D eigenvalue weighted by atomic mass is 32.1. The Bertz CT molecular complexity index is 2810. The van der Waals surface area contributed by atoms with Crippen LogP contribution in [0.4, 0.5) is 0 Å². The van der Waals surface area contributed by atoms with Crippen molar-refractivity contribution in [2.24, 2.45) is 0 Å². The lowest BCUT2D eigenvalue weighted by molar-refractivity contribution is 1.07. The fourth-order valence-corrected chi connectivity index (χ4v) is 9.23. The predicted molar refractivity (Wildman–Crippen MR) is 213 cm³/mol. The first kappa shape index (κ1) is 29.0. The van der Waals surface area contributed by atoms with E-state index in [9.17, 15) is 0 Å². The summed E-state index contributed by atoms with van der Waals surface area (Å²) in [5, 5.41) is 5.12. The topological polar surface area (TPSA) is 38.7 Å². The first-order valence-electron chi connectivity index (χ1n) is 16.6. The molecular weight excluding hydrogens is 647 g/mol. The van der Waals surface area contributed by atoms with Crippen LogP contribution in [0.1, 0.15) is 0 Å². The lowest BCUT2D eigenvalue weighted by Crippen LogP contribution is -2.01. The number of hydrogen-bond acceptors (Lipinski definition) is 5. The van der Waals surface area contributed by atoms with Crippen molar-refractivity contribution in [1.29, 1.82) is 0 Å². The van der Waals surface area contributed by atoms with E-state index in [4.69, 9.17) is 15.0 Å². The van der Waals surface area contributed by atoms with Crippen LogP contribution in [-0.2, 0) is 0 Å². The summed E-state index contributed by atoms with van der Waals surface area (Å²) in [4.78, 5) is 15.4. The van der Waals surface area contributed by atoms with Gasteiger partial charge in [0.15, 0.2) is 17.5 Å². The number of benzene rings is 7. The van der Waals surface area contributed by atoms with E-state index >= 15 is 0 Å². The second-order valence-electron chi connectivity index (χ2n) is 12.4. The van der Waals surface area contributed by atoms with Crippen LogP contribution in [0, 0.1) is 0 Å². The van der Waals surface area contributed by atoms with Crippen LogP contribution in [0.5, 0.6) is 0 Å². The Hall–Kier alpha value is -6.01. The minimum Gasteiger partial charge on any atom is -0.208 e. The van der Waals surface area contributed by atoms with E-state index in [0.717, 1.165) is 38.9 Å². The molecule has 3 aromatic heterocycles. The SMILES string of the molecule is c1ccc(-c2nc(-c3ccccc3)nc(-c3cccc(-c4ccc5c(c4)sc4ccccc45)c3-c3ccc4sc5ccccc5c4c3)n2)cc1. The van der Waals surface area contributed by atoms with Crippen molar-refractivity contribution in [1.82, 2.24) is 15.0 Å². The lowest BCUT2D eigenvalue weighted by atomic mass is 9.89. The van der Waals surface area contributed by atoms with Crippen LogP contribution in [-0.4, -0.2) is 15.0 Å². The van der Waals surface area contributed by atoms with Gasteiger partial charge >= 0.3 is 0 Å². The number of nitrogens with zero attached hydrogens (tertiary/aromatic N) is 3. The Balaban J connectivity index is 1.26. The van der Waals surface area contributed by atoms with Gasteiger partial charge in [-0.3, -0.25) is 0 Å². The molecule has 0 aliphatic heterocycles. The van der Waals surface area contributed by atoms with Gasteiger partial charge in [0.05, 0.1) is 0 Å². The van der Waals surface area contributed by atoms with E-state index in [-0.39, 0.29) is 0 Å². The zero-order chi connectivity index (χ0) is 33.0. The van der Waals surface area contributed by atoms with Gasteiger partial charge < -0.3 is 0 Å². The largest absolute Gasteiger partial charge is 0.208 e. The highest BCUT2D eigenvalue weighted by Gasteiger charge is 2.20. The molecule has 3 nitrogen and oxygen atoms in total. The van der Waals surface area contributed by atoms with Crippen molar-refractivity contribution in [2.45, 2.75) is 0 Å². The number of aromatic nitrogens is 3. The molecule has 0 bridgehead atoms. The molecule has 10 rings (SSSR count). The quantitative estimate of drug-likeness (QED) is 0.182. The third-order valence-electron chi connectivity index (χ3n) is 9.36. The molecule has 0 atom stereocenters. The monoisotopic (exact) mass is 673 g/mol. The molecule has 0 saturated carbocycles. The Morgan fingerprint density at radius 1 is 0.300 bits per heavy atom. The summed E-state index contributed by atoms with van der Waals surface area (Å²) < 4.78 is 5.15. The summed E-state index contributed by atoms with van der Waals surface area (Å²) in [6, 6.07) is 58.0. The third-order valence-corrected chi connectivity index (χ3v) is 11.6. The molecule has 10 aromatic rings. The van der Waals surface area contributed by atoms with Gasteiger partial charge in [0, 0.05) is 62.6 Å². The van der Waals surface area contributed by atoms with Gasteiger partial charge in [-0.05, 0) is 47.0 Å². The highest BCUT2D eigenvalue weighted by molar-refractivity contribution is 7.26. The van der Waals surface area contributed by atoms with Gasteiger partial charge in [0.1, 0.15) is 0 Å². The second kappa shape index (κ2) is 11.8. The zero-order valence-electron chi connectivity index (χ0n) is 26.7. The standard InChI is InChI=1S/C45H27N3S2/c1-3-12-28(13-4-1)43-46-44(29-14-5-2-6-15-29)48-45(47-43)36-19-11-18-32(30-22-24-35-33-16-7-9-20-38(33)50-41(35)27-30)42(36)31-23-25-40-37(26-31)34-17-8-10-21-39(34)49-40/h1-27H. The maximum atomic E-state index is 5.18. The third kappa shape index (κ3) is 4.90. The van der Waals surface area contributed by atoms with Crippen molar-refractivity contribution in [3.05, 3.63) is 164 Å². The number of hydrogen-bond donors (Lipinski definition) is 0. The Labute approximate surface area is 296 Å². The lowest BCUT2D eigenvalue weighted by Gasteiger charge is -2.17. The predicted octanol–water partition coefficient (Wildman–Crippen LogP) is 12.9. The van der Waals surface area contributed by atoms with E-state index in [2.05, 4.69) is 127 Å². The first-order chi connectivity index (χ1) is 24.8. The van der Waals surface area contributed by atoms with Gasteiger partial charge in [0.2, 0.25) is 0 Å². The fraction of sp³-hybridized carbons (Fsp3) is 0.